The molecule has 0 N–H and O–H groups in total. The molecule has 0 saturated carbocycles. The van der Waals surface area contributed by atoms with E-state index in [0.717, 1.165) is 18.8 Å². The van der Waals surface area contributed by atoms with E-state index in [0.29, 0.717) is 24.2 Å². The summed E-state index contributed by atoms with van der Waals surface area (Å²) in [6.07, 6.45) is 0.822. The van der Waals surface area contributed by atoms with E-state index in [1.54, 1.807) is 0 Å². The second kappa shape index (κ2) is 6.40. The zero-order chi connectivity index (χ0) is 17.4. The first-order valence-electron chi connectivity index (χ1n) is 8.53. The number of hydrogen-bond acceptors (Lipinski definition) is 7. The van der Waals surface area contributed by atoms with E-state index in [4.69, 9.17) is 8.94 Å². The van der Waals surface area contributed by atoms with Crippen molar-refractivity contribution >= 4 is 0 Å². The van der Waals surface area contributed by atoms with Crippen molar-refractivity contribution in [3.8, 4) is 0 Å². The predicted molar refractivity (Wildman–Crippen MR) is 89.6 cm³/mol. The molecule has 0 saturated heterocycles. The smallest absolute Gasteiger partial charge is 0.240 e. The summed E-state index contributed by atoms with van der Waals surface area (Å²) < 4.78 is 11.2. The Morgan fingerprint density at radius 1 is 1.20 bits per heavy atom. The molecule has 7 heteroatoms. The Labute approximate surface area is 146 Å². The van der Waals surface area contributed by atoms with Crippen LogP contribution in [0.25, 0.3) is 0 Å². The Hall–Kier alpha value is -2.54. The fourth-order valence-corrected chi connectivity index (χ4v) is 3.17. The molecule has 1 aromatic carbocycles. The molecule has 0 fully saturated rings. The van der Waals surface area contributed by atoms with Crippen LogP contribution in [0.15, 0.2) is 33.2 Å². The maximum atomic E-state index is 5.72. The molecule has 0 unspecified atom stereocenters. The average molecular weight is 339 g/mol. The number of fused-ring (bicyclic) bond motifs is 1. The van der Waals surface area contributed by atoms with Crippen molar-refractivity contribution in [2.24, 2.45) is 0 Å². The van der Waals surface area contributed by atoms with Gasteiger partial charge in [0.05, 0.1) is 12.6 Å². The third kappa shape index (κ3) is 3.19. The third-order valence-electron chi connectivity index (χ3n) is 4.51. The Bertz CT molecular complexity index is 870. The van der Waals surface area contributed by atoms with Gasteiger partial charge in [-0.05, 0) is 17.5 Å². The number of hydrogen-bond donors (Lipinski definition) is 0. The van der Waals surface area contributed by atoms with E-state index in [1.165, 1.54) is 11.1 Å². The molecule has 0 amide bonds. The van der Waals surface area contributed by atoms with Gasteiger partial charge >= 0.3 is 0 Å². The van der Waals surface area contributed by atoms with Crippen molar-refractivity contribution in [3.05, 3.63) is 58.9 Å². The molecule has 3 aromatic rings. The van der Waals surface area contributed by atoms with Gasteiger partial charge in [0.25, 0.3) is 0 Å². The lowest BCUT2D eigenvalue weighted by atomic mass is 9.94. The molecular weight excluding hydrogens is 318 g/mol. The van der Waals surface area contributed by atoms with Crippen molar-refractivity contribution in [2.75, 3.05) is 0 Å². The zero-order valence-electron chi connectivity index (χ0n) is 14.6. The molecule has 0 radical (unpaired) electrons. The SMILES string of the molecule is Cc1nnc([C@@H]2Cc3ccccc3CN2Cc2nc(C(C)C)no2)o1. The van der Waals surface area contributed by atoms with E-state index in [9.17, 15) is 0 Å². The number of rotatable bonds is 4. The molecule has 1 aliphatic rings. The number of nitrogens with zero attached hydrogens (tertiary/aromatic N) is 5. The summed E-state index contributed by atoms with van der Waals surface area (Å²) in [5.41, 5.74) is 2.62. The molecular formula is C18H21N5O2. The number of benzene rings is 1. The van der Waals surface area contributed by atoms with Gasteiger partial charge in [0.1, 0.15) is 0 Å². The summed E-state index contributed by atoms with van der Waals surface area (Å²) >= 11 is 0. The largest absolute Gasteiger partial charge is 0.424 e. The minimum Gasteiger partial charge on any atom is -0.424 e. The maximum absolute atomic E-state index is 5.72. The highest BCUT2D eigenvalue weighted by Crippen LogP contribution is 2.33. The monoisotopic (exact) mass is 339 g/mol. The summed E-state index contributed by atoms with van der Waals surface area (Å²) in [4.78, 5) is 6.76. The molecule has 1 atom stereocenters. The van der Waals surface area contributed by atoms with Gasteiger partial charge < -0.3 is 8.94 Å². The predicted octanol–water partition coefficient (Wildman–Crippen LogP) is 3.18. The van der Waals surface area contributed by atoms with E-state index in [-0.39, 0.29) is 12.0 Å². The molecule has 25 heavy (non-hydrogen) atoms. The van der Waals surface area contributed by atoms with E-state index in [1.807, 2.05) is 6.92 Å². The van der Waals surface area contributed by atoms with Crippen LogP contribution in [-0.4, -0.2) is 25.2 Å². The summed E-state index contributed by atoms with van der Waals surface area (Å²) in [7, 11) is 0. The molecule has 0 bridgehead atoms. The third-order valence-corrected chi connectivity index (χ3v) is 4.51. The Morgan fingerprint density at radius 3 is 2.68 bits per heavy atom. The molecule has 1 aliphatic heterocycles. The highest BCUT2D eigenvalue weighted by atomic mass is 16.5. The first-order chi connectivity index (χ1) is 12.1. The van der Waals surface area contributed by atoms with Gasteiger partial charge in [-0.3, -0.25) is 4.90 Å². The summed E-state index contributed by atoms with van der Waals surface area (Å²) in [5, 5.41) is 12.3. The fourth-order valence-electron chi connectivity index (χ4n) is 3.17. The zero-order valence-corrected chi connectivity index (χ0v) is 14.6. The molecule has 0 aliphatic carbocycles. The topological polar surface area (TPSA) is 81.1 Å². The maximum Gasteiger partial charge on any atom is 0.240 e. The van der Waals surface area contributed by atoms with Gasteiger partial charge in [0, 0.05) is 19.4 Å². The van der Waals surface area contributed by atoms with Gasteiger partial charge in [-0.25, -0.2) is 0 Å². The lowest BCUT2D eigenvalue weighted by molar-refractivity contribution is 0.121. The first kappa shape index (κ1) is 16.0. The molecule has 0 spiro atoms. The normalized spacial score (nSPS) is 17.8. The number of aromatic nitrogens is 4. The molecule has 2 aromatic heterocycles. The van der Waals surface area contributed by atoms with Crippen LogP contribution in [-0.2, 0) is 19.5 Å². The average Bonchev–Trinajstić information content (AvgIpc) is 3.23. The Kier molecular flexibility index (Phi) is 4.09. The summed E-state index contributed by atoms with van der Waals surface area (Å²) in [5.74, 6) is 2.81. The van der Waals surface area contributed by atoms with Gasteiger partial charge in [-0.1, -0.05) is 43.3 Å². The second-order valence-electron chi connectivity index (χ2n) is 6.75. The summed E-state index contributed by atoms with van der Waals surface area (Å²) in [6.45, 7) is 7.25. The van der Waals surface area contributed by atoms with Crippen LogP contribution in [0.3, 0.4) is 0 Å². The number of aryl methyl sites for hydroxylation is 1. The Morgan fingerprint density at radius 2 is 2.00 bits per heavy atom. The quantitative estimate of drug-likeness (QED) is 0.722. The van der Waals surface area contributed by atoms with Crippen LogP contribution in [0, 0.1) is 6.92 Å². The van der Waals surface area contributed by atoms with E-state index < -0.39 is 0 Å². The van der Waals surface area contributed by atoms with E-state index >= 15 is 0 Å². The van der Waals surface area contributed by atoms with Gasteiger partial charge in [-0.2, -0.15) is 4.98 Å². The van der Waals surface area contributed by atoms with Crippen molar-refractivity contribution < 1.29 is 8.94 Å². The molecule has 130 valence electrons. The lowest BCUT2D eigenvalue weighted by Gasteiger charge is -2.33. The van der Waals surface area contributed by atoms with Gasteiger partial charge in [-0.15, -0.1) is 10.2 Å². The van der Waals surface area contributed by atoms with Crippen LogP contribution in [0.5, 0.6) is 0 Å². The molecule has 7 nitrogen and oxygen atoms in total. The van der Waals surface area contributed by atoms with E-state index in [2.05, 4.69) is 63.4 Å². The van der Waals surface area contributed by atoms with Crippen LogP contribution < -0.4 is 0 Å². The van der Waals surface area contributed by atoms with Crippen molar-refractivity contribution in [3.63, 3.8) is 0 Å². The minimum absolute atomic E-state index is 0.00509. The van der Waals surface area contributed by atoms with Crippen LogP contribution >= 0.6 is 0 Å². The lowest BCUT2D eigenvalue weighted by Crippen LogP contribution is -2.34. The van der Waals surface area contributed by atoms with Gasteiger partial charge in [0.2, 0.25) is 17.7 Å². The fraction of sp³-hybridized carbons (Fsp3) is 0.444. The van der Waals surface area contributed by atoms with Crippen LogP contribution in [0.4, 0.5) is 0 Å². The standard InChI is InChI=1S/C18H21N5O2/c1-11(2)17-19-16(25-22-17)10-23-9-14-7-5-4-6-13(14)8-15(23)18-21-20-12(3)24-18/h4-7,11,15H,8-10H2,1-3H3/t15-/m0/s1. The summed E-state index contributed by atoms with van der Waals surface area (Å²) in [6, 6.07) is 8.46. The van der Waals surface area contributed by atoms with Crippen LogP contribution in [0.2, 0.25) is 0 Å². The second-order valence-corrected chi connectivity index (χ2v) is 6.75. The van der Waals surface area contributed by atoms with Crippen molar-refractivity contribution in [2.45, 2.75) is 52.2 Å². The van der Waals surface area contributed by atoms with Crippen molar-refractivity contribution in [1.82, 2.24) is 25.2 Å². The van der Waals surface area contributed by atoms with Crippen LogP contribution in [0.1, 0.15) is 60.4 Å². The molecule has 3 heterocycles. The molecule has 4 rings (SSSR count). The highest BCUT2D eigenvalue weighted by molar-refractivity contribution is 5.30. The first-order valence-corrected chi connectivity index (χ1v) is 8.53. The highest BCUT2D eigenvalue weighted by Gasteiger charge is 2.32. The van der Waals surface area contributed by atoms with Crippen molar-refractivity contribution in [1.29, 1.82) is 0 Å². The van der Waals surface area contributed by atoms with Gasteiger partial charge in [0.15, 0.2) is 5.82 Å². The Balaban J connectivity index is 1.64. The minimum atomic E-state index is 0.00509.